The molecule has 0 aliphatic heterocycles. The van der Waals surface area contributed by atoms with Gasteiger partial charge < -0.3 is 9.67 Å². The van der Waals surface area contributed by atoms with Gasteiger partial charge >= 0.3 is 0 Å². The number of hydrogen-bond donors (Lipinski definition) is 1. The fourth-order valence-electron chi connectivity index (χ4n) is 1.43. The Morgan fingerprint density at radius 2 is 2.12 bits per heavy atom. The third-order valence-electron chi connectivity index (χ3n) is 2.40. The van der Waals surface area contributed by atoms with Gasteiger partial charge in [0.1, 0.15) is 0 Å². The Morgan fingerprint density at radius 3 is 2.71 bits per heavy atom. The summed E-state index contributed by atoms with van der Waals surface area (Å²) in [6, 6.07) is 7.72. The van der Waals surface area contributed by atoms with Crippen molar-refractivity contribution in [2.24, 2.45) is 7.05 Å². The average Bonchev–Trinajstić information content (AvgIpc) is 2.73. The Labute approximate surface area is 113 Å². The molecule has 5 heteroatoms. The van der Waals surface area contributed by atoms with Gasteiger partial charge in [0.2, 0.25) is 0 Å². The molecule has 2 rings (SSSR count). The molecule has 1 heterocycles. The van der Waals surface area contributed by atoms with Crippen LogP contribution in [0.1, 0.15) is 11.7 Å². The summed E-state index contributed by atoms with van der Waals surface area (Å²) in [7, 11) is 1.95. The molecule has 0 radical (unpaired) electrons. The summed E-state index contributed by atoms with van der Waals surface area (Å²) in [5, 5.41) is 10.9. The van der Waals surface area contributed by atoms with Gasteiger partial charge in [-0.2, -0.15) is 0 Å². The van der Waals surface area contributed by atoms with E-state index in [0.29, 0.717) is 5.75 Å². The standard InChI is InChI=1S/C12H13BrN2OS/c1-15-7-6-14-12(15)17-8-11(16)9-2-4-10(13)5-3-9/h2-7,11,16H,8H2,1H3/t11-/m1/s1. The summed E-state index contributed by atoms with van der Waals surface area (Å²) < 4.78 is 2.96. The second-order valence-electron chi connectivity index (χ2n) is 3.70. The lowest BCUT2D eigenvalue weighted by Gasteiger charge is -2.10. The van der Waals surface area contributed by atoms with Crippen molar-refractivity contribution >= 4 is 27.7 Å². The number of aromatic nitrogens is 2. The molecule has 0 spiro atoms. The van der Waals surface area contributed by atoms with Crippen LogP contribution in [-0.2, 0) is 7.05 Å². The number of imidazole rings is 1. The van der Waals surface area contributed by atoms with Crippen molar-refractivity contribution < 1.29 is 5.11 Å². The van der Waals surface area contributed by atoms with Gasteiger partial charge in [0.25, 0.3) is 0 Å². The summed E-state index contributed by atoms with van der Waals surface area (Å²) >= 11 is 4.93. The van der Waals surface area contributed by atoms with Gasteiger partial charge in [-0.15, -0.1) is 0 Å². The minimum Gasteiger partial charge on any atom is -0.388 e. The van der Waals surface area contributed by atoms with E-state index in [-0.39, 0.29) is 0 Å². The molecule has 0 saturated carbocycles. The second-order valence-corrected chi connectivity index (χ2v) is 5.60. The van der Waals surface area contributed by atoms with Crippen molar-refractivity contribution in [2.45, 2.75) is 11.3 Å². The van der Waals surface area contributed by atoms with E-state index in [1.807, 2.05) is 42.1 Å². The number of thioether (sulfide) groups is 1. The monoisotopic (exact) mass is 312 g/mol. The Bertz CT molecular complexity index is 484. The zero-order valence-electron chi connectivity index (χ0n) is 9.38. The number of nitrogens with zero attached hydrogens (tertiary/aromatic N) is 2. The molecule has 1 N–H and O–H groups in total. The molecule has 0 saturated heterocycles. The molecule has 0 fully saturated rings. The molecule has 0 aliphatic rings. The van der Waals surface area contributed by atoms with E-state index in [0.717, 1.165) is 15.2 Å². The van der Waals surface area contributed by atoms with Crippen LogP contribution < -0.4 is 0 Å². The van der Waals surface area contributed by atoms with Crippen LogP contribution in [0, 0.1) is 0 Å². The highest BCUT2D eigenvalue weighted by atomic mass is 79.9. The molecule has 2 aromatic rings. The van der Waals surface area contributed by atoms with Crippen LogP contribution in [0.4, 0.5) is 0 Å². The predicted molar refractivity (Wildman–Crippen MR) is 73.0 cm³/mol. The number of rotatable bonds is 4. The quantitative estimate of drug-likeness (QED) is 0.882. The van der Waals surface area contributed by atoms with Crippen LogP contribution in [-0.4, -0.2) is 20.4 Å². The SMILES string of the molecule is Cn1ccnc1SC[C@@H](O)c1ccc(Br)cc1. The summed E-state index contributed by atoms with van der Waals surface area (Å²) in [4.78, 5) is 4.20. The zero-order chi connectivity index (χ0) is 12.3. The summed E-state index contributed by atoms with van der Waals surface area (Å²) in [5.74, 6) is 0.604. The van der Waals surface area contributed by atoms with Gasteiger partial charge in [-0.05, 0) is 17.7 Å². The van der Waals surface area contributed by atoms with Gasteiger partial charge in [-0.3, -0.25) is 0 Å². The molecule has 1 aromatic carbocycles. The maximum absolute atomic E-state index is 10.0. The first-order chi connectivity index (χ1) is 8.16. The van der Waals surface area contributed by atoms with Gasteiger partial charge in [-0.25, -0.2) is 4.98 Å². The summed E-state index contributed by atoms with van der Waals surface area (Å²) in [6.45, 7) is 0. The van der Waals surface area contributed by atoms with Crippen molar-refractivity contribution in [1.82, 2.24) is 9.55 Å². The lowest BCUT2D eigenvalue weighted by atomic mass is 10.1. The highest BCUT2D eigenvalue weighted by Gasteiger charge is 2.09. The fraction of sp³-hybridized carbons (Fsp3) is 0.250. The van der Waals surface area contributed by atoms with E-state index in [2.05, 4.69) is 20.9 Å². The first-order valence-electron chi connectivity index (χ1n) is 5.20. The summed E-state index contributed by atoms with van der Waals surface area (Å²) in [6.07, 6.45) is 3.19. The van der Waals surface area contributed by atoms with Crippen molar-refractivity contribution in [2.75, 3.05) is 5.75 Å². The average molecular weight is 313 g/mol. The van der Waals surface area contributed by atoms with Crippen LogP contribution in [0.15, 0.2) is 46.3 Å². The molecule has 17 heavy (non-hydrogen) atoms. The Morgan fingerprint density at radius 1 is 1.41 bits per heavy atom. The molecule has 90 valence electrons. The van der Waals surface area contributed by atoms with Crippen molar-refractivity contribution in [1.29, 1.82) is 0 Å². The van der Waals surface area contributed by atoms with Crippen LogP contribution in [0.25, 0.3) is 0 Å². The summed E-state index contributed by atoms with van der Waals surface area (Å²) in [5.41, 5.74) is 0.926. The first-order valence-corrected chi connectivity index (χ1v) is 6.98. The Balaban J connectivity index is 1.95. The van der Waals surface area contributed by atoms with Crippen LogP contribution in [0.3, 0.4) is 0 Å². The second kappa shape index (κ2) is 5.71. The molecule has 0 bridgehead atoms. The highest BCUT2D eigenvalue weighted by molar-refractivity contribution is 9.10. The molecule has 0 unspecified atom stereocenters. The molecule has 0 aliphatic carbocycles. The van der Waals surface area contributed by atoms with E-state index in [1.165, 1.54) is 0 Å². The molecule has 1 aromatic heterocycles. The molecular weight excluding hydrogens is 300 g/mol. The zero-order valence-corrected chi connectivity index (χ0v) is 11.8. The van der Waals surface area contributed by atoms with Crippen LogP contribution >= 0.6 is 27.7 Å². The van der Waals surface area contributed by atoms with Gasteiger partial charge in [0.15, 0.2) is 5.16 Å². The van der Waals surface area contributed by atoms with Crippen LogP contribution in [0.2, 0.25) is 0 Å². The molecule has 3 nitrogen and oxygen atoms in total. The largest absolute Gasteiger partial charge is 0.388 e. The van der Waals surface area contributed by atoms with E-state index >= 15 is 0 Å². The van der Waals surface area contributed by atoms with Gasteiger partial charge in [-0.1, -0.05) is 39.8 Å². The van der Waals surface area contributed by atoms with E-state index < -0.39 is 6.10 Å². The minimum absolute atomic E-state index is 0.468. The Kier molecular flexibility index (Phi) is 4.25. The van der Waals surface area contributed by atoms with Crippen molar-refractivity contribution in [3.63, 3.8) is 0 Å². The lowest BCUT2D eigenvalue weighted by molar-refractivity contribution is 0.204. The van der Waals surface area contributed by atoms with Crippen molar-refractivity contribution in [3.8, 4) is 0 Å². The minimum atomic E-state index is -0.468. The fourth-order valence-corrected chi connectivity index (χ4v) is 2.59. The molecule has 1 atom stereocenters. The number of aryl methyl sites for hydroxylation is 1. The van der Waals surface area contributed by atoms with E-state index in [4.69, 9.17) is 0 Å². The number of benzene rings is 1. The van der Waals surface area contributed by atoms with E-state index in [1.54, 1.807) is 18.0 Å². The van der Waals surface area contributed by atoms with Crippen LogP contribution in [0.5, 0.6) is 0 Å². The maximum atomic E-state index is 10.0. The lowest BCUT2D eigenvalue weighted by Crippen LogP contribution is -2.01. The van der Waals surface area contributed by atoms with Crippen molar-refractivity contribution in [3.05, 3.63) is 46.7 Å². The Hall–Kier alpha value is -0.780. The molecular formula is C12H13BrN2OS. The topological polar surface area (TPSA) is 38.0 Å². The number of aliphatic hydroxyl groups is 1. The number of hydrogen-bond acceptors (Lipinski definition) is 3. The first kappa shape index (κ1) is 12.7. The highest BCUT2D eigenvalue weighted by Crippen LogP contribution is 2.24. The van der Waals surface area contributed by atoms with Gasteiger partial charge in [0, 0.05) is 29.7 Å². The van der Waals surface area contributed by atoms with Gasteiger partial charge in [0.05, 0.1) is 6.10 Å². The molecule has 0 amide bonds. The third kappa shape index (κ3) is 3.34. The smallest absolute Gasteiger partial charge is 0.167 e. The van der Waals surface area contributed by atoms with E-state index in [9.17, 15) is 5.11 Å². The maximum Gasteiger partial charge on any atom is 0.167 e. The predicted octanol–water partition coefficient (Wildman–Crippen LogP) is 3.01. The number of aliphatic hydroxyl groups excluding tert-OH is 1. The third-order valence-corrected chi connectivity index (χ3v) is 4.06. The normalized spacial score (nSPS) is 12.6. The number of halogens is 1.